The second-order valence-electron chi connectivity index (χ2n) is 5.84. The number of aliphatic imine (C=N–C) groups is 1. The van der Waals surface area contributed by atoms with E-state index in [0.717, 1.165) is 29.7 Å². The molecule has 1 heterocycles. The summed E-state index contributed by atoms with van der Waals surface area (Å²) in [7, 11) is 1.66. The maximum absolute atomic E-state index is 12.0. The molecule has 0 aromatic heterocycles. The Hall–Kier alpha value is -2.88. The predicted molar refractivity (Wildman–Crippen MR) is 98.6 cm³/mol. The number of aryl methyl sites for hydroxylation is 2. The Labute approximate surface area is 147 Å². The van der Waals surface area contributed by atoms with Crippen molar-refractivity contribution in [1.29, 1.82) is 0 Å². The minimum absolute atomic E-state index is 0.343. The van der Waals surface area contributed by atoms with Crippen LogP contribution in [0.15, 0.2) is 59.2 Å². The topological polar surface area (TPSA) is 47.9 Å². The summed E-state index contributed by atoms with van der Waals surface area (Å²) in [5.41, 5.74) is 3.55. The van der Waals surface area contributed by atoms with Gasteiger partial charge in [-0.2, -0.15) is 0 Å². The highest BCUT2D eigenvalue weighted by Gasteiger charge is 2.22. The van der Waals surface area contributed by atoms with E-state index in [4.69, 9.17) is 9.47 Å². The molecule has 4 heteroatoms. The van der Waals surface area contributed by atoms with E-state index in [1.54, 1.807) is 13.2 Å². The van der Waals surface area contributed by atoms with Gasteiger partial charge in [0, 0.05) is 6.42 Å². The van der Waals surface area contributed by atoms with E-state index in [1.165, 1.54) is 5.56 Å². The third-order valence-corrected chi connectivity index (χ3v) is 4.12. The largest absolute Gasteiger partial charge is 0.496 e. The Morgan fingerprint density at radius 1 is 1.12 bits per heavy atom. The van der Waals surface area contributed by atoms with Crippen LogP contribution in [0.2, 0.25) is 0 Å². The average Bonchev–Trinajstić information content (AvgIpc) is 3.00. The van der Waals surface area contributed by atoms with Crippen LogP contribution in [-0.2, 0) is 22.4 Å². The van der Waals surface area contributed by atoms with Crippen molar-refractivity contribution < 1.29 is 14.3 Å². The van der Waals surface area contributed by atoms with E-state index in [1.807, 2.05) is 36.4 Å². The molecule has 1 aliphatic heterocycles. The summed E-state index contributed by atoms with van der Waals surface area (Å²) in [5.74, 6) is 0.937. The Morgan fingerprint density at radius 3 is 2.64 bits per heavy atom. The first-order chi connectivity index (χ1) is 12.2. The second-order valence-corrected chi connectivity index (χ2v) is 5.84. The van der Waals surface area contributed by atoms with Gasteiger partial charge >= 0.3 is 5.97 Å². The first-order valence-electron chi connectivity index (χ1n) is 8.42. The molecule has 0 spiro atoms. The van der Waals surface area contributed by atoms with Crippen molar-refractivity contribution in [3.8, 4) is 5.75 Å². The van der Waals surface area contributed by atoms with Crippen LogP contribution in [0.3, 0.4) is 0 Å². The lowest BCUT2D eigenvalue weighted by atomic mass is 10.1. The van der Waals surface area contributed by atoms with Gasteiger partial charge in [-0.25, -0.2) is 9.79 Å². The molecular weight excluding hydrogens is 314 g/mol. The van der Waals surface area contributed by atoms with E-state index in [2.05, 4.69) is 24.0 Å². The Morgan fingerprint density at radius 2 is 1.92 bits per heavy atom. The number of esters is 1. The lowest BCUT2D eigenvalue weighted by Crippen LogP contribution is -2.05. The maximum atomic E-state index is 12.0. The molecule has 3 rings (SSSR count). The number of methoxy groups -OCH3 is 1. The lowest BCUT2D eigenvalue weighted by molar-refractivity contribution is -0.130. The zero-order valence-electron chi connectivity index (χ0n) is 14.5. The van der Waals surface area contributed by atoms with Crippen LogP contribution in [0, 0.1) is 0 Å². The van der Waals surface area contributed by atoms with Gasteiger partial charge in [0.15, 0.2) is 11.6 Å². The molecule has 0 N–H and O–H groups in total. The molecular formula is C21H21NO3. The Kier molecular flexibility index (Phi) is 5.29. The van der Waals surface area contributed by atoms with Crippen LogP contribution in [-0.4, -0.2) is 19.0 Å². The van der Waals surface area contributed by atoms with Gasteiger partial charge in [0.1, 0.15) is 5.75 Å². The minimum Gasteiger partial charge on any atom is -0.496 e. The van der Waals surface area contributed by atoms with Crippen molar-refractivity contribution in [2.45, 2.75) is 26.2 Å². The molecule has 0 amide bonds. The number of carbonyl (C=O) groups excluding carboxylic acids is 1. The number of nitrogens with zero attached hydrogens (tertiary/aromatic N) is 1. The van der Waals surface area contributed by atoms with Crippen molar-refractivity contribution in [3.63, 3.8) is 0 Å². The molecule has 128 valence electrons. The van der Waals surface area contributed by atoms with E-state index in [0.29, 0.717) is 18.0 Å². The van der Waals surface area contributed by atoms with E-state index >= 15 is 0 Å². The summed E-state index contributed by atoms with van der Waals surface area (Å²) in [4.78, 5) is 16.4. The smallest absolute Gasteiger partial charge is 0.363 e. The molecule has 1 aliphatic rings. The lowest BCUT2D eigenvalue weighted by Gasteiger charge is -2.07. The summed E-state index contributed by atoms with van der Waals surface area (Å²) in [6.07, 6.45) is 4.02. The highest BCUT2D eigenvalue weighted by Crippen LogP contribution is 2.23. The number of ether oxygens (including phenoxy) is 2. The average molecular weight is 335 g/mol. The van der Waals surface area contributed by atoms with Gasteiger partial charge in [0.05, 0.1) is 7.11 Å². The van der Waals surface area contributed by atoms with E-state index < -0.39 is 5.97 Å². The fourth-order valence-corrected chi connectivity index (χ4v) is 2.78. The monoisotopic (exact) mass is 335 g/mol. The van der Waals surface area contributed by atoms with Gasteiger partial charge < -0.3 is 9.47 Å². The number of hydrogen-bond acceptors (Lipinski definition) is 4. The van der Waals surface area contributed by atoms with E-state index in [-0.39, 0.29) is 0 Å². The van der Waals surface area contributed by atoms with Crippen LogP contribution in [0.1, 0.15) is 30.0 Å². The van der Waals surface area contributed by atoms with Crippen molar-refractivity contribution in [1.82, 2.24) is 0 Å². The third-order valence-electron chi connectivity index (χ3n) is 4.12. The number of carbonyl (C=O) groups is 1. The molecule has 25 heavy (non-hydrogen) atoms. The molecule has 0 unspecified atom stereocenters. The van der Waals surface area contributed by atoms with Crippen molar-refractivity contribution >= 4 is 17.9 Å². The second kappa shape index (κ2) is 7.79. The summed E-state index contributed by atoms with van der Waals surface area (Å²) in [5, 5.41) is 0. The van der Waals surface area contributed by atoms with Gasteiger partial charge in [-0.3, -0.25) is 0 Å². The normalized spacial score (nSPS) is 15.2. The first kappa shape index (κ1) is 17.0. The highest BCUT2D eigenvalue weighted by molar-refractivity contribution is 6.07. The molecule has 0 bridgehead atoms. The molecule has 0 saturated heterocycles. The van der Waals surface area contributed by atoms with Crippen LogP contribution >= 0.6 is 0 Å². The maximum Gasteiger partial charge on any atom is 0.363 e. The van der Waals surface area contributed by atoms with Crippen molar-refractivity contribution in [3.05, 3.63) is 70.9 Å². The fourth-order valence-electron chi connectivity index (χ4n) is 2.78. The Balaban J connectivity index is 1.74. The van der Waals surface area contributed by atoms with Gasteiger partial charge in [0.25, 0.3) is 0 Å². The molecule has 0 aliphatic carbocycles. The van der Waals surface area contributed by atoms with Crippen LogP contribution in [0.5, 0.6) is 5.75 Å². The van der Waals surface area contributed by atoms with Crippen molar-refractivity contribution in [2.75, 3.05) is 7.11 Å². The quantitative estimate of drug-likeness (QED) is 0.587. The Bertz CT molecular complexity index is 822. The summed E-state index contributed by atoms with van der Waals surface area (Å²) >= 11 is 0. The first-order valence-corrected chi connectivity index (χ1v) is 8.42. The number of hydrogen-bond donors (Lipinski definition) is 0. The van der Waals surface area contributed by atoms with Crippen LogP contribution in [0.25, 0.3) is 6.08 Å². The summed E-state index contributed by atoms with van der Waals surface area (Å²) < 4.78 is 10.6. The van der Waals surface area contributed by atoms with Crippen LogP contribution < -0.4 is 4.74 Å². The zero-order chi connectivity index (χ0) is 17.6. The number of rotatable bonds is 6. The SMILES string of the molecule is CCc1cc(/C=C2/N=C(CCc3ccccc3)OC2=O)ccc1OC. The zero-order valence-corrected chi connectivity index (χ0v) is 14.5. The van der Waals surface area contributed by atoms with Gasteiger partial charge in [0.2, 0.25) is 0 Å². The standard InChI is InChI=1S/C21H21NO3/c1-3-17-13-16(9-11-19(17)24-2)14-18-21(23)25-20(22-18)12-10-15-7-5-4-6-8-15/h4-9,11,13-14H,3,10,12H2,1-2H3/b18-14+. The molecule has 2 aromatic rings. The van der Waals surface area contributed by atoms with Gasteiger partial charge in [-0.1, -0.05) is 43.3 Å². The third kappa shape index (κ3) is 4.15. The number of cyclic esters (lactones) is 1. The molecule has 4 nitrogen and oxygen atoms in total. The molecule has 0 saturated carbocycles. The minimum atomic E-state index is -0.392. The molecule has 0 radical (unpaired) electrons. The molecule has 0 fully saturated rings. The van der Waals surface area contributed by atoms with Gasteiger partial charge in [-0.05, 0) is 47.7 Å². The van der Waals surface area contributed by atoms with Crippen molar-refractivity contribution in [2.24, 2.45) is 4.99 Å². The molecule has 0 atom stereocenters. The number of benzene rings is 2. The highest BCUT2D eigenvalue weighted by atomic mass is 16.6. The summed E-state index contributed by atoms with van der Waals surface area (Å²) in [6, 6.07) is 15.9. The van der Waals surface area contributed by atoms with Crippen LogP contribution in [0.4, 0.5) is 0 Å². The predicted octanol–water partition coefficient (Wildman–Crippen LogP) is 4.19. The molecule has 2 aromatic carbocycles. The fraction of sp³-hybridized carbons (Fsp3) is 0.238. The van der Waals surface area contributed by atoms with E-state index in [9.17, 15) is 4.79 Å². The van der Waals surface area contributed by atoms with Gasteiger partial charge in [-0.15, -0.1) is 0 Å². The summed E-state index contributed by atoms with van der Waals surface area (Å²) in [6.45, 7) is 2.07.